The molecule has 0 heterocycles. The predicted molar refractivity (Wildman–Crippen MR) is 104 cm³/mol. The van der Waals surface area contributed by atoms with E-state index in [1.165, 1.54) is 21.9 Å². The number of methoxy groups -OCH3 is 1. The average molecular weight is 342 g/mol. The summed E-state index contributed by atoms with van der Waals surface area (Å²) in [5.41, 5.74) is 2.60. The van der Waals surface area contributed by atoms with Crippen LogP contribution in [0.1, 0.15) is 37.1 Å². The highest BCUT2D eigenvalue weighted by molar-refractivity contribution is 5.86. The number of benzene rings is 3. The molecule has 0 spiro atoms. The molecule has 126 valence electrons. The van der Waals surface area contributed by atoms with Crippen LogP contribution in [0.3, 0.4) is 0 Å². The number of rotatable bonds is 5. The van der Waals surface area contributed by atoms with Crippen molar-refractivity contribution in [3.63, 3.8) is 0 Å². The number of hydrogen-bond acceptors (Lipinski definition) is 2. The molecule has 0 aliphatic heterocycles. The van der Waals surface area contributed by atoms with E-state index in [-0.39, 0.29) is 24.5 Å². The van der Waals surface area contributed by atoms with Gasteiger partial charge >= 0.3 is 0 Å². The third kappa shape index (κ3) is 3.89. The van der Waals surface area contributed by atoms with E-state index in [2.05, 4.69) is 73.8 Å². The number of halogens is 1. The van der Waals surface area contributed by atoms with Crippen LogP contribution >= 0.6 is 12.4 Å². The zero-order chi connectivity index (χ0) is 16.2. The molecule has 0 radical (unpaired) electrons. The van der Waals surface area contributed by atoms with Crippen LogP contribution in [0.25, 0.3) is 10.8 Å². The minimum absolute atomic E-state index is 0. The molecule has 0 aliphatic rings. The monoisotopic (exact) mass is 341 g/mol. The molecule has 24 heavy (non-hydrogen) atoms. The van der Waals surface area contributed by atoms with Gasteiger partial charge in [0, 0.05) is 12.1 Å². The molecule has 0 bridgehead atoms. The van der Waals surface area contributed by atoms with E-state index in [9.17, 15) is 0 Å². The van der Waals surface area contributed by atoms with E-state index in [1.807, 2.05) is 12.1 Å². The summed E-state index contributed by atoms with van der Waals surface area (Å²) in [5, 5.41) is 6.31. The van der Waals surface area contributed by atoms with Gasteiger partial charge in [0.2, 0.25) is 0 Å². The van der Waals surface area contributed by atoms with Crippen LogP contribution in [0, 0.1) is 0 Å². The van der Waals surface area contributed by atoms with Crippen LogP contribution in [0.2, 0.25) is 0 Å². The highest BCUT2D eigenvalue weighted by Gasteiger charge is 2.13. The fourth-order valence-electron chi connectivity index (χ4n) is 3.08. The summed E-state index contributed by atoms with van der Waals surface area (Å²) in [7, 11) is 1.69. The van der Waals surface area contributed by atoms with E-state index in [0.717, 1.165) is 5.75 Å². The molecule has 0 saturated heterocycles. The van der Waals surface area contributed by atoms with Gasteiger partial charge in [-0.2, -0.15) is 0 Å². The first-order chi connectivity index (χ1) is 11.2. The maximum absolute atomic E-state index is 5.23. The van der Waals surface area contributed by atoms with Gasteiger partial charge in [-0.25, -0.2) is 0 Å². The lowest BCUT2D eigenvalue weighted by molar-refractivity contribution is 0.414. The molecule has 1 unspecified atom stereocenters. The maximum atomic E-state index is 5.23. The summed E-state index contributed by atoms with van der Waals surface area (Å²) in [6, 6.07) is 23.9. The third-order valence-corrected chi connectivity index (χ3v) is 4.41. The molecule has 0 saturated carbocycles. The largest absolute Gasteiger partial charge is 0.497 e. The molecule has 0 fully saturated rings. The Balaban J connectivity index is 0.00000208. The Hall–Kier alpha value is -2.03. The minimum Gasteiger partial charge on any atom is -0.497 e. The lowest BCUT2D eigenvalue weighted by Gasteiger charge is -2.22. The first-order valence-corrected chi connectivity index (χ1v) is 8.06. The van der Waals surface area contributed by atoms with Gasteiger partial charge in [0.05, 0.1) is 7.11 Å². The zero-order valence-electron chi connectivity index (χ0n) is 14.3. The second-order valence-electron chi connectivity index (χ2n) is 5.95. The molecule has 0 aliphatic carbocycles. The molecule has 3 aromatic rings. The van der Waals surface area contributed by atoms with Crippen LogP contribution in [0.5, 0.6) is 5.75 Å². The number of nitrogens with one attached hydrogen (secondary N) is 1. The summed E-state index contributed by atoms with van der Waals surface area (Å²) in [4.78, 5) is 0. The van der Waals surface area contributed by atoms with Crippen molar-refractivity contribution in [1.29, 1.82) is 0 Å². The van der Waals surface area contributed by atoms with E-state index in [0.29, 0.717) is 0 Å². The van der Waals surface area contributed by atoms with E-state index < -0.39 is 0 Å². The minimum atomic E-state index is 0. The summed E-state index contributed by atoms with van der Waals surface area (Å²) >= 11 is 0. The standard InChI is InChI=1S/C21H23NO.ClH/c1-15(17-11-13-19(23-3)14-12-17)22-16(2)20-10-6-8-18-7-4-5-9-21(18)20;/h4-16,22H,1-3H3;1H/t15?,16-;/m1./s1. The number of ether oxygens (including phenoxy) is 1. The van der Waals surface area contributed by atoms with E-state index >= 15 is 0 Å². The van der Waals surface area contributed by atoms with Crippen LogP contribution in [0.15, 0.2) is 66.7 Å². The van der Waals surface area contributed by atoms with Gasteiger partial charge in [-0.05, 0) is 47.9 Å². The SMILES string of the molecule is COc1ccc(C(C)N[C@H](C)c2cccc3ccccc23)cc1.Cl. The van der Waals surface area contributed by atoms with Crippen molar-refractivity contribution >= 4 is 23.2 Å². The Kier molecular flexibility index (Phi) is 6.24. The van der Waals surface area contributed by atoms with Crippen molar-refractivity contribution in [2.75, 3.05) is 7.11 Å². The van der Waals surface area contributed by atoms with Crippen LogP contribution in [0.4, 0.5) is 0 Å². The summed E-state index contributed by atoms with van der Waals surface area (Å²) in [6.07, 6.45) is 0. The highest BCUT2D eigenvalue weighted by atomic mass is 35.5. The fraction of sp³-hybridized carbons (Fsp3) is 0.238. The molecule has 0 aromatic heterocycles. The van der Waals surface area contributed by atoms with E-state index in [4.69, 9.17) is 4.74 Å². The summed E-state index contributed by atoms with van der Waals surface area (Å²) < 4.78 is 5.23. The van der Waals surface area contributed by atoms with Gasteiger partial charge in [-0.15, -0.1) is 12.4 Å². The van der Waals surface area contributed by atoms with E-state index in [1.54, 1.807) is 7.11 Å². The van der Waals surface area contributed by atoms with Crippen LogP contribution < -0.4 is 10.1 Å². The fourth-order valence-corrected chi connectivity index (χ4v) is 3.08. The molecule has 2 nitrogen and oxygen atoms in total. The smallest absolute Gasteiger partial charge is 0.118 e. The summed E-state index contributed by atoms with van der Waals surface area (Å²) in [5.74, 6) is 0.892. The van der Waals surface area contributed by atoms with Crippen molar-refractivity contribution in [2.24, 2.45) is 0 Å². The van der Waals surface area contributed by atoms with Gasteiger partial charge in [0.15, 0.2) is 0 Å². The molecular weight excluding hydrogens is 318 g/mol. The van der Waals surface area contributed by atoms with Gasteiger partial charge in [-0.3, -0.25) is 0 Å². The Morgan fingerprint density at radius 1 is 0.792 bits per heavy atom. The number of hydrogen-bond donors (Lipinski definition) is 1. The molecule has 3 rings (SSSR count). The quantitative estimate of drug-likeness (QED) is 0.644. The van der Waals surface area contributed by atoms with Crippen molar-refractivity contribution in [2.45, 2.75) is 25.9 Å². The predicted octanol–water partition coefficient (Wildman–Crippen LogP) is 5.68. The second-order valence-corrected chi connectivity index (χ2v) is 5.95. The lowest BCUT2D eigenvalue weighted by atomic mass is 9.98. The molecule has 1 N–H and O–H groups in total. The van der Waals surface area contributed by atoms with Crippen molar-refractivity contribution in [3.05, 3.63) is 77.9 Å². The highest BCUT2D eigenvalue weighted by Crippen LogP contribution is 2.26. The molecule has 3 aromatic carbocycles. The molecule has 2 atom stereocenters. The first-order valence-electron chi connectivity index (χ1n) is 8.06. The van der Waals surface area contributed by atoms with Gasteiger partial charge in [0.25, 0.3) is 0 Å². The van der Waals surface area contributed by atoms with Gasteiger partial charge < -0.3 is 10.1 Å². The topological polar surface area (TPSA) is 21.3 Å². The van der Waals surface area contributed by atoms with Gasteiger partial charge in [0.1, 0.15) is 5.75 Å². The normalized spacial score (nSPS) is 13.1. The Labute approximate surface area is 150 Å². The molecule has 3 heteroatoms. The maximum Gasteiger partial charge on any atom is 0.118 e. The van der Waals surface area contributed by atoms with Crippen LogP contribution in [-0.2, 0) is 0 Å². The molecule has 0 amide bonds. The average Bonchev–Trinajstić information content (AvgIpc) is 2.61. The molecular formula is C21H24ClNO. The third-order valence-electron chi connectivity index (χ3n) is 4.41. The lowest BCUT2D eigenvalue weighted by Crippen LogP contribution is -2.22. The van der Waals surface area contributed by atoms with Crippen LogP contribution in [-0.4, -0.2) is 7.11 Å². The Morgan fingerprint density at radius 3 is 2.17 bits per heavy atom. The Morgan fingerprint density at radius 2 is 1.46 bits per heavy atom. The second kappa shape index (κ2) is 8.18. The van der Waals surface area contributed by atoms with Gasteiger partial charge in [-0.1, -0.05) is 54.6 Å². The van der Waals surface area contributed by atoms with Crippen molar-refractivity contribution in [1.82, 2.24) is 5.32 Å². The van der Waals surface area contributed by atoms with Crippen molar-refractivity contribution in [3.8, 4) is 5.75 Å². The zero-order valence-corrected chi connectivity index (χ0v) is 15.1. The number of fused-ring (bicyclic) bond motifs is 1. The Bertz CT molecular complexity index is 780. The van der Waals surface area contributed by atoms with Crippen molar-refractivity contribution < 1.29 is 4.74 Å². The first kappa shape index (κ1) is 18.3. The summed E-state index contributed by atoms with van der Waals surface area (Å²) in [6.45, 7) is 4.42.